The Morgan fingerprint density at radius 3 is 3.21 bits per heavy atom. The highest BCUT2D eigenvalue weighted by molar-refractivity contribution is 9.10. The molecule has 1 saturated heterocycles. The van der Waals surface area contributed by atoms with E-state index < -0.39 is 0 Å². The lowest BCUT2D eigenvalue weighted by atomic mass is 10.1. The van der Waals surface area contributed by atoms with Crippen molar-refractivity contribution < 1.29 is 0 Å². The lowest BCUT2D eigenvalue weighted by molar-refractivity contribution is 0.270. The summed E-state index contributed by atoms with van der Waals surface area (Å²) in [6.07, 6.45) is 4.40. The Bertz CT molecular complexity index is 314. The van der Waals surface area contributed by atoms with Gasteiger partial charge in [-0.25, -0.2) is 4.98 Å². The summed E-state index contributed by atoms with van der Waals surface area (Å²) >= 11 is 3.53. The Hall–Kier alpha value is -0.410. The lowest BCUT2D eigenvalue weighted by Crippen LogP contribution is -2.22. The smallest absolute Gasteiger partial charge is 0.110 e. The average molecular weight is 255 g/mol. The van der Waals surface area contributed by atoms with Crippen LogP contribution in [-0.2, 0) is 0 Å². The first kappa shape index (κ1) is 10.1. The second kappa shape index (κ2) is 4.41. The molecule has 1 aliphatic rings. The molecule has 2 nitrogen and oxygen atoms in total. The molecule has 0 radical (unpaired) electrons. The van der Waals surface area contributed by atoms with Crippen molar-refractivity contribution in [2.75, 3.05) is 13.1 Å². The SMILES string of the molecule is CCN1CCC[C@H]1c1cccnc1Br. The molecule has 2 heterocycles. The van der Waals surface area contributed by atoms with Crippen molar-refractivity contribution in [1.29, 1.82) is 0 Å². The van der Waals surface area contributed by atoms with Gasteiger partial charge in [-0.2, -0.15) is 0 Å². The van der Waals surface area contributed by atoms with Crippen molar-refractivity contribution in [3.05, 3.63) is 28.5 Å². The summed E-state index contributed by atoms with van der Waals surface area (Å²) in [5.41, 5.74) is 1.34. The van der Waals surface area contributed by atoms with Crippen LogP contribution in [0.5, 0.6) is 0 Å². The molecule has 76 valence electrons. The third-order valence-corrected chi connectivity index (χ3v) is 3.58. The van der Waals surface area contributed by atoms with Crippen molar-refractivity contribution in [1.82, 2.24) is 9.88 Å². The minimum atomic E-state index is 0.572. The predicted octanol–water partition coefficient (Wildman–Crippen LogP) is 3.00. The molecule has 0 saturated carbocycles. The first-order valence-corrected chi connectivity index (χ1v) is 5.96. The van der Waals surface area contributed by atoms with Gasteiger partial charge in [0.25, 0.3) is 0 Å². The van der Waals surface area contributed by atoms with Gasteiger partial charge in [0.05, 0.1) is 0 Å². The Kier molecular flexibility index (Phi) is 3.19. The van der Waals surface area contributed by atoms with E-state index >= 15 is 0 Å². The zero-order valence-corrected chi connectivity index (χ0v) is 10.00. The Morgan fingerprint density at radius 1 is 1.64 bits per heavy atom. The van der Waals surface area contributed by atoms with E-state index in [1.165, 1.54) is 24.9 Å². The van der Waals surface area contributed by atoms with E-state index in [0.29, 0.717) is 6.04 Å². The summed E-state index contributed by atoms with van der Waals surface area (Å²) < 4.78 is 1.00. The fourth-order valence-corrected chi connectivity index (χ4v) is 2.72. The molecule has 14 heavy (non-hydrogen) atoms. The van der Waals surface area contributed by atoms with Gasteiger partial charge in [-0.1, -0.05) is 13.0 Å². The van der Waals surface area contributed by atoms with Crippen molar-refractivity contribution in [2.45, 2.75) is 25.8 Å². The van der Waals surface area contributed by atoms with Gasteiger partial charge in [0.1, 0.15) is 4.60 Å². The number of nitrogens with zero attached hydrogens (tertiary/aromatic N) is 2. The molecule has 0 aromatic carbocycles. The fourth-order valence-electron chi connectivity index (χ4n) is 2.20. The number of halogens is 1. The fraction of sp³-hybridized carbons (Fsp3) is 0.545. The molecular formula is C11H15BrN2. The summed E-state index contributed by atoms with van der Waals surface area (Å²) in [7, 11) is 0. The topological polar surface area (TPSA) is 16.1 Å². The minimum Gasteiger partial charge on any atom is -0.297 e. The molecule has 1 fully saturated rings. The first-order chi connectivity index (χ1) is 6.83. The quantitative estimate of drug-likeness (QED) is 0.755. The maximum atomic E-state index is 4.28. The second-order valence-corrected chi connectivity index (χ2v) is 4.42. The standard InChI is InChI=1S/C11H15BrN2/c1-2-14-8-4-6-10(14)9-5-3-7-13-11(9)12/h3,5,7,10H,2,4,6,8H2,1H3/t10-/m0/s1. The van der Waals surface area contributed by atoms with Crippen LogP contribution in [0.25, 0.3) is 0 Å². The van der Waals surface area contributed by atoms with Crippen LogP contribution in [0.15, 0.2) is 22.9 Å². The number of rotatable bonds is 2. The maximum Gasteiger partial charge on any atom is 0.110 e. The van der Waals surface area contributed by atoms with Crippen LogP contribution in [0.1, 0.15) is 31.4 Å². The molecule has 2 rings (SSSR count). The largest absolute Gasteiger partial charge is 0.297 e. The van der Waals surface area contributed by atoms with Crippen molar-refractivity contribution >= 4 is 15.9 Å². The highest BCUT2D eigenvalue weighted by Gasteiger charge is 2.25. The van der Waals surface area contributed by atoms with Crippen LogP contribution in [0.2, 0.25) is 0 Å². The number of pyridine rings is 1. The molecule has 0 amide bonds. The molecule has 0 spiro atoms. The lowest BCUT2D eigenvalue weighted by Gasteiger charge is -2.23. The number of likely N-dealkylation sites (tertiary alicyclic amines) is 1. The second-order valence-electron chi connectivity index (χ2n) is 3.67. The zero-order valence-electron chi connectivity index (χ0n) is 8.41. The summed E-state index contributed by atoms with van der Waals surface area (Å²) in [6, 6.07) is 4.77. The normalized spacial score (nSPS) is 22.9. The molecule has 1 aromatic heterocycles. The van der Waals surface area contributed by atoms with Gasteiger partial charge in [0.2, 0.25) is 0 Å². The van der Waals surface area contributed by atoms with E-state index in [1.807, 2.05) is 12.3 Å². The highest BCUT2D eigenvalue weighted by Crippen LogP contribution is 2.34. The minimum absolute atomic E-state index is 0.572. The van der Waals surface area contributed by atoms with Gasteiger partial charge in [-0.15, -0.1) is 0 Å². The van der Waals surface area contributed by atoms with Crippen LogP contribution >= 0.6 is 15.9 Å². The molecule has 0 aliphatic carbocycles. The van der Waals surface area contributed by atoms with Gasteiger partial charge in [0, 0.05) is 17.8 Å². The molecule has 0 unspecified atom stereocenters. The van der Waals surface area contributed by atoms with Gasteiger partial charge in [-0.3, -0.25) is 4.90 Å². The van der Waals surface area contributed by atoms with Gasteiger partial charge < -0.3 is 0 Å². The van der Waals surface area contributed by atoms with Gasteiger partial charge in [0.15, 0.2) is 0 Å². The predicted molar refractivity (Wildman–Crippen MR) is 61.2 cm³/mol. The van der Waals surface area contributed by atoms with Crippen LogP contribution in [0.3, 0.4) is 0 Å². The van der Waals surface area contributed by atoms with Crippen LogP contribution in [-0.4, -0.2) is 23.0 Å². The van der Waals surface area contributed by atoms with Crippen molar-refractivity contribution in [2.24, 2.45) is 0 Å². The van der Waals surface area contributed by atoms with Crippen LogP contribution < -0.4 is 0 Å². The molecule has 3 heteroatoms. The van der Waals surface area contributed by atoms with E-state index in [0.717, 1.165) is 11.1 Å². The monoisotopic (exact) mass is 254 g/mol. The molecule has 1 atom stereocenters. The first-order valence-electron chi connectivity index (χ1n) is 5.17. The number of aromatic nitrogens is 1. The summed E-state index contributed by atoms with van der Waals surface area (Å²) in [6.45, 7) is 4.58. The van der Waals surface area contributed by atoms with Crippen LogP contribution in [0.4, 0.5) is 0 Å². The summed E-state index contributed by atoms with van der Waals surface area (Å²) in [4.78, 5) is 6.80. The highest BCUT2D eigenvalue weighted by atomic mass is 79.9. The van der Waals surface area contributed by atoms with E-state index in [2.05, 4.69) is 38.8 Å². The Labute approximate surface area is 93.5 Å². The average Bonchev–Trinajstić information content (AvgIpc) is 2.66. The maximum absolute atomic E-state index is 4.28. The van der Waals surface area contributed by atoms with E-state index in [9.17, 15) is 0 Å². The molecule has 0 bridgehead atoms. The van der Waals surface area contributed by atoms with Crippen molar-refractivity contribution in [3.63, 3.8) is 0 Å². The Morgan fingerprint density at radius 2 is 2.50 bits per heavy atom. The van der Waals surface area contributed by atoms with E-state index in [4.69, 9.17) is 0 Å². The molecule has 1 aliphatic heterocycles. The zero-order chi connectivity index (χ0) is 9.97. The third kappa shape index (κ3) is 1.84. The molecule has 1 aromatic rings. The van der Waals surface area contributed by atoms with Crippen LogP contribution in [0, 0.1) is 0 Å². The van der Waals surface area contributed by atoms with Crippen molar-refractivity contribution in [3.8, 4) is 0 Å². The van der Waals surface area contributed by atoms with Gasteiger partial charge in [-0.05, 0) is 47.9 Å². The van der Waals surface area contributed by atoms with Gasteiger partial charge >= 0.3 is 0 Å². The summed E-state index contributed by atoms with van der Waals surface area (Å²) in [5, 5.41) is 0. The van der Waals surface area contributed by atoms with E-state index in [1.54, 1.807) is 0 Å². The molecular weight excluding hydrogens is 240 g/mol. The molecule has 0 N–H and O–H groups in total. The number of hydrogen-bond donors (Lipinski definition) is 0. The Balaban J connectivity index is 2.26. The summed E-state index contributed by atoms with van der Waals surface area (Å²) in [5.74, 6) is 0. The number of hydrogen-bond acceptors (Lipinski definition) is 2. The third-order valence-electron chi connectivity index (χ3n) is 2.92. The van der Waals surface area contributed by atoms with E-state index in [-0.39, 0.29) is 0 Å².